The van der Waals surface area contributed by atoms with Crippen LogP contribution in [-0.2, 0) is 0 Å². The number of carboxylic acids is 1. The molecule has 1 aromatic carbocycles. The second-order valence-electron chi connectivity index (χ2n) is 3.10. The molecular formula is C12H7NO3. The van der Waals surface area contributed by atoms with Gasteiger partial charge in [-0.1, -0.05) is 11.1 Å². The minimum Gasteiger partial charge on any atom is -0.477 e. The molecule has 2 aromatic rings. The van der Waals surface area contributed by atoms with Crippen molar-refractivity contribution < 1.29 is 14.4 Å². The van der Waals surface area contributed by atoms with E-state index in [-0.39, 0.29) is 11.3 Å². The lowest BCUT2D eigenvalue weighted by molar-refractivity contribution is 0.0697. The Labute approximate surface area is 91.5 Å². The van der Waals surface area contributed by atoms with E-state index in [9.17, 15) is 4.79 Å². The highest BCUT2D eigenvalue weighted by Crippen LogP contribution is 2.23. The highest BCUT2D eigenvalue weighted by molar-refractivity contribution is 5.93. The molecule has 1 aromatic heterocycles. The zero-order valence-electron chi connectivity index (χ0n) is 8.18. The van der Waals surface area contributed by atoms with Crippen LogP contribution >= 0.6 is 0 Å². The predicted octanol–water partition coefficient (Wildman–Crippen LogP) is 2.02. The molecule has 0 atom stereocenters. The van der Waals surface area contributed by atoms with Gasteiger partial charge in [0.2, 0.25) is 0 Å². The molecule has 0 amide bonds. The topological polar surface area (TPSA) is 63.3 Å². The van der Waals surface area contributed by atoms with Crippen LogP contribution in [0.3, 0.4) is 0 Å². The highest BCUT2D eigenvalue weighted by Gasteiger charge is 2.16. The molecule has 4 heteroatoms. The smallest absolute Gasteiger partial charge is 0.341 e. The average Bonchev–Trinajstić information content (AvgIpc) is 2.78. The van der Waals surface area contributed by atoms with Crippen molar-refractivity contribution in [2.75, 3.05) is 0 Å². The lowest BCUT2D eigenvalue weighted by Crippen LogP contribution is -1.95. The van der Waals surface area contributed by atoms with Gasteiger partial charge in [0.1, 0.15) is 5.56 Å². The van der Waals surface area contributed by atoms with Crippen LogP contribution in [-0.4, -0.2) is 16.2 Å². The maximum absolute atomic E-state index is 10.8. The first-order valence-electron chi connectivity index (χ1n) is 4.47. The van der Waals surface area contributed by atoms with E-state index in [0.29, 0.717) is 5.56 Å². The first kappa shape index (κ1) is 9.99. The van der Waals surface area contributed by atoms with Gasteiger partial charge in [0.25, 0.3) is 0 Å². The number of hydrogen-bond acceptors (Lipinski definition) is 3. The number of aromatic carboxylic acids is 1. The SMILES string of the molecule is C#Cc1ccc(-c2oncc2C(=O)O)cc1. The third-order valence-electron chi connectivity index (χ3n) is 2.11. The maximum atomic E-state index is 10.8. The number of nitrogens with zero attached hydrogens (tertiary/aromatic N) is 1. The van der Waals surface area contributed by atoms with Gasteiger partial charge in [-0.15, -0.1) is 6.42 Å². The molecule has 1 N–H and O–H groups in total. The van der Waals surface area contributed by atoms with Gasteiger partial charge in [0, 0.05) is 11.1 Å². The molecule has 0 fully saturated rings. The summed E-state index contributed by atoms with van der Waals surface area (Å²) in [5.74, 6) is 1.63. The molecule has 0 spiro atoms. The van der Waals surface area contributed by atoms with Crippen molar-refractivity contribution in [3.8, 4) is 23.7 Å². The summed E-state index contributed by atoms with van der Waals surface area (Å²) >= 11 is 0. The van der Waals surface area contributed by atoms with E-state index in [1.165, 1.54) is 6.20 Å². The molecule has 4 nitrogen and oxygen atoms in total. The van der Waals surface area contributed by atoms with Crippen molar-refractivity contribution in [3.05, 3.63) is 41.6 Å². The Morgan fingerprint density at radius 2 is 2.06 bits per heavy atom. The van der Waals surface area contributed by atoms with Crippen molar-refractivity contribution >= 4 is 5.97 Å². The summed E-state index contributed by atoms with van der Waals surface area (Å²) in [4.78, 5) is 10.8. The standard InChI is InChI=1S/C12H7NO3/c1-2-8-3-5-9(6-4-8)11-10(12(14)15)7-13-16-11/h1,3-7H,(H,14,15). The molecular weight excluding hydrogens is 206 g/mol. The molecule has 0 saturated heterocycles. The van der Waals surface area contributed by atoms with Crippen LogP contribution in [0, 0.1) is 12.3 Å². The summed E-state index contributed by atoms with van der Waals surface area (Å²) in [6, 6.07) is 6.82. The molecule has 1 heterocycles. The first-order chi connectivity index (χ1) is 7.72. The van der Waals surface area contributed by atoms with E-state index in [1.807, 2.05) is 0 Å². The van der Waals surface area contributed by atoms with Crippen LogP contribution < -0.4 is 0 Å². The predicted molar refractivity (Wildman–Crippen MR) is 56.8 cm³/mol. The van der Waals surface area contributed by atoms with Crippen LogP contribution in [0.5, 0.6) is 0 Å². The van der Waals surface area contributed by atoms with Gasteiger partial charge in [-0.3, -0.25) is 0 Å². The normalized spacial score (nSPS) is 9.69. The molecule has 0 saturated carbocycles. The van der Waals surface area contributed by atoms with Crippen LogP contribution in [0.1, 0.15) is 15.9 Å². The van der Waals surface area contributed by atoms with Gasteiger partial charge in [-0.05, 0) is 24.3 Å². The fraction of sp³-hybridized carbons (Fsp3) is 0. The number of aromatic nitrogens is 1. The van der Waals surface area contributed by atoms with Crippen molar-refractivity contribution in [2.45, 2.75) is 0 Å². The Morgan fingerprint density at radius 1 is 1.38 bits per heavy atom. The number of benzene rings is 1. The van der Waals surface area contributed by atoms with Crippen molar-refractivity contribution in [2.24, 2.45) is 0 Å². The van der Waals surface area contributed by atoms with E-state index >= 15 is 0 Å². The average molecular weight is 213 g/mol. The van der Waals surface area contributed by atoms with Gasteiger partial charge >= 0.3 is 5.97 Å². The zero-order chi connectivity index (χ0) is 11.5. The summed E-state index contributed by atoms with van der Waals surface area (Å²) in [7, 11) is 0. The Hall–Kier alpha value is -2.54. The summed E-state index contributed by atoms with van der Waals surface area (Å²) < 4.78 is 4.90. The molecule has 0 radical (unpaired) electrons. The Kier molecular flexibility index (Phi) is 2.44. The van der Waals surface area contributed by atoms with Crippen molar-refractivity contribution in [1.82, 2.24) is 5.16 Å². The maximum Gasteiger partial charge on any atom is 0.341 e. The molecule has 0 aliphatic rings. The number of terminal acetylenes is 1. The van der Waals surface area contributed by atoms with Crippen LogP contribution in [0.25, 0.3) is 11.3 Å². The molecule has 0 aliphatic carbocycles. The number of carboxylic acid groups (broad SMARTS) is 1. The van der Waals surface area contributed by atoms with E-state index in [4.69, 9.17) is 16.1 Å². The van der Waals surface area contributed by atoms with Gasteiger partial charge in [0.15, 0.2) is 5.76 Å². The van der Waals surface area contributed by atoms with E-state index in [2.05, 4.69) is 11.1 Å². The lowest BCUT2D eigenvalue weighted by atomic mass is 10.1. The monoisotopic (exact) mass is 213 g/mol. The Bertz CT molecular complexity index is 561. The first-order valence-corrected chi connectivity index (χ1v) is 4.47. The van der Waals surface area contributed by atoms with Crippen molar-refractivity contribution in [1.29, 1.82) is 0 Å². The van der Waals surface area contributed by atoms with Gasteiger partial charge in [-0.25, -0.2) is 4.79 Å². The van der Waals surface area contributed by atoms with E-state index < -0.39 is 5.97 Å². The quantitative estimate of drug-likeness (QED) is 0.775. The van der Waals surface area contributed by atoms with Crippen molar-refractivity contribution in [3.63, 3.8) is 0 Å². The second-order valence-corrected chi connectivity index (χ2v) is 3.10. The Balaban J connectivity index is 2.47. The Morgan fingerprint density at radius 3 is 2.62 bits per heavy atom. The molecule has 2 rings (SSSR count). The number of carbonyl (C=O) groups is 1. The third kappa shape index (κ3) is 1.66. The zero-order valence-corrected chi connectivity index (χ0v) is 8.18. The molecule has 0 bridgehead atoms. The summed E-state index contributed by atoms with van der Waals surface area (Å²) in [6.45, 7) is 0. The summed E-state index contributed by atoms with van der Waals surface area (Å²) in [6.07, 6.45) is 6.39. The minimum atomic E-state index is -1.07. The largest absolute Gasteiger partial charge is 0.477 e. The highest BCUT2D eigenvalue weighted by atomic mass is 16.5. The second kappa shape index (κ2) is 3.91. The van der Waals surface area contributed by atoms with Gasteiger partial charge < -0.3 is 9.63 Å². The molecule has 0 unspecified atom stereocenters. The molecule has 0 aliphatic heterocycles. The number of hydrogen-bond donors (Lipinski definition) is 1. The molecule has 78 valence electrons. The van der Waals surface area contributed by atoms with Crippen LogP contribution in [0.15, 0.2) is 35.0 Å². The fourth-order valence-corrected chi connectivity index (χ4v) is 1.32. The van der Waals surface area contributed by atoms with Crippen LogP contribution in [0.2, 0.25) is 0 Å². The van der Waals surface area contributed by atoms with E-state index in [0.717, 1.165) is 5.56 Å². The number of rotatable bonds is 2. The summed E-state index contributed by atoms with van der Waals surface area (Å²) in [5.41, 5.74) is 1.39. The van der Waals surface area contributed by atoms with E-state index in [1.54, 1.807) is 24.3 Å². The van der Waals surface area contributed by atoms with Crippen LogP contribution in [0.4, 0.5) is 0 Å². The third-order valence-corrected chi connectivity index (χ3v) is 2.11. The summed E-state index contributed by atoms with van der Waals surface area (Å²) in [5, 5.41) is 12.4. The fourth-order valence-electron chi connectivity index (χ4n) is 1.32. The molecule has 16 heavy (non-hydrogen) atoms. The van der Waals surface area contributed by atoms with Gasteiger partial charge in [0.05, 0.1) is 6.20 Å². The van der Waals surface area contributed by atoms with Gasteiger partial charge in [-0.2, -0.15) is 0 Å². The lowest BCUT2D eigenvalue weighted by Gasteiger charge is -1.97. The minimum absolute atomic E-state index is 0.0356.